The Bertz CT molecular complexity index is 2790. The van der Waals surface area contributed by atoms with Crippen molar-refractivity contribution in [1.29, 1.82) is 0 Å². The summed E-state index contributed by atoms with van der Waals surface area (Å²) in [6.07, 6.45) is 12.8. The van der Waals surface area contributed by atoms with Crippen molar-refractivity contribution in [2.75, 3.05) is 0 Å². The van der Waals surface area contributed by atoms with Gasteiger partial charge in [-0.2, -0.15) is 0 Å². The molecule has 0 saturated carbocycles. The smallest absolute Gasteiger partial charge is 0.228 e. The van der Waals surface area contributed by atoms with Gasteiger partial charge in [0.25, 0.3) is 0 Å². The molecular weight excluding hydrogens is 679 g/mol. The lowest BCUT2D eigenvalue weighted by Gasteiger charge is -2.35. The van der Waals surface area contributed by atoms with Gasteiger partial charge in [-0.25, -0.2) is 4.98 Å². The van der Waals surface area contributed by atoms with Gasteiger partial charge in [0.2, 0.25) is 12.2 Å². The molecule has 0 aliphatic carbocycles. The highest BCUT2D eigenvalue weighted by atomic mass is 16.7. The maximum Gasteiger partial charge on any atom is 0.228 e. The van der Waals surface area contributed by atoms with Crippen LogP contribution in [0.3, 0.4) is 0 Å². The van der Waals surface area contributed by atoms with Crippen molar-refractivity contribution in [2.24, 2.45) is 0 Å². The number of furan rings is 2. The predicted octanol–water partition coefficient (Wildman–Crippen LogP) is 12.0. The standard InChI is InChI=1S/C46H29NO7/c1-3-14-29-28(13-1)26-50-43(29)40-38(35-20-9-10-24-48-35)39(36-21-11-25-49-36)45-42(41(40)46-47-31-16-5-8-19-34(31)53-46)44(30-15-4-7-18-33(30)52-45)54-37-23-22-27-12-2-6-17-32(27)51-37/h1-26,35,37,44H. The molecule has 3 aliphatic rings. The highest BCUT2D eigenvalue weighted by Gasteiger charge is 2.43. The van der Waals surface area contributed by atoms with Gasteiger partial charge in [0.1, 0.15) is 46.5 Å². The summed E-state index contributed by atoms with van der Waals surface area (Å²) in [5.41, 5.74) is 6.58. The van der Waals surface area contributed by atoms with E-state index in [0.29, 0.717) is 62.3 Å². The third-order valence-corrected chi connectivity index (χ3v) is 10.1. The number of oxazole rings is 1. The van der Waals surface area contributed by atoms with Crippen LogP contribution in [-0.2, 0) is 9.47 Å². The maximum absolute atomic E-state index is 7.12. The van der Waals surface area contributed by atoms with Crippen LogP contribution in [0.25, 0.3) is 62.0 Å². The monoisotopic (exact) mass is 707 g/mol. The molecule has 5 aromatic carbocycles. The van der Waals surface area contributed by atoms with Crippen LogP contribution in [0, 0.1) is 0 Å². The Kier molecular flexibility index (Phi) is 6.96. The largest absolute Gasteiger partial charge is 0.489 e. The number of fused-ring (bicyclic) bond motifs is 5. The van der Waals surface area contributed by atoms with E-state index in [2.05, 4.69) is 6.07 Å². The van der Waals surface area contributed by atoms with Crippen molar-refractivity contribution in [3.63, 3.8) is 0 Å². The lowest BCUT2D eigenvalue weighted by atomic mass is 9.80. The topological polar surface area (TPSA) is 89.2 Å². The average Bonchev–Trinajstić information content (AvgIpc) is 4.01. The third-order valence-electron chi connectivity index (χ3n) is 10.1. The minimum Gasteiger partial charge on any atom is -0.489 e. The molecule has 0 spiro atoms. The molecular formula is C46H29NO7. The maximum atomic E-state index is 7.12. The number of hydrogen-bond acceptors (Lipinski definition) is 8. The Morgan fingerprint density at radius 3 is 2.43 bits per heavy atom. The summed E-state index contributed by atoms with van der Waals surface area (Å²) in [7, 11) is 0. The molecule has 8 nitrogen and oxygen atoms in total. The summed E-state index contributed by atoms with van der Waals surface area (Å²) in [5, 5.41) is 1.84. The number of aromatic nitrogens is 1. The fraction of sp³-hybridized carbons (Fsp3) is 0.0652. The second-order valence-corrected chi connectivity index (χ2v) is 13.2. The zero-order chi connectivity index (χ0) is 35.6. The minimum atomic E-state index is -0.741. The molecule has 8 heteroatoms. The lowest BCUT2D eigenvalue weighted by Crippen LogP contribution is -2.26. The Hall–Kier alpha value is -7.03. The van der Waals surface area contributed by atoms with Gasteiger partial charge in [0.05, 0.1) is 29.9 Å². The summed E-state index contributed by atoms with van der Waals surface area (Å²) >= 11 is 0. The van der Waals surface area contributed by atoms with Crippen molar-refractivity contribution < 1.29 is 32.2 Å². The van der Waals surface area contributed by atoms with Crippen molar-refractivity contribution in [3.05, 3.63) is 175 Å². The van der Waals surface area contributed by atoms with Gasteiger partial charge in [-0.1, -0.05) is 78.9 Å². The Morgan fingerprint density at radius 2 is 1.54 bits per heavy atom. The number of benzene rings is 5. The molecule has 6 heterocycles. The molecule has 8 aromatic rings. The van der Waals surface area contributed by atoms with E-state index < -0.39 is 18.5 Å². The van der Waals surface area contributed by atoms with Crippen molar-refractivity contribution in [3.8, 4) is 51.4 Å². The fourth-order valence-electron chi connectivity index (χ4n) is 7.72. The SMILES string of the molecule is C1=COC(c2c(-c3ccco3)c3c(c(-c4nc5ccccc5o4)c2-c2occ4ccccc24)C(OC2C=Cc4ccccc4O2)c2ccccc2O3)C=C1. The number of ether oxygens (including phenoxy) is 4. The zero-order valence-corrected chi connectivity index (χ0v) is 28.5. The Labute approximate surface area is 308 Å². The molecule has 3 aromatic heterocycles. The first-order valence-electron chi connectivity index (χ1n) is 17.7. The van der Waals surface area contributed by atoms with Gasteiger partial charge in [-0.15, -0.1) is 0 Å². The second kappa shape index (κ2) is 12.3. The molecule has 54 heavy (non-hydrogen) atoms. The fourth-order valence-corrected chi connectivity index (χ4v) is 7.72. The first-order valence-corrected chi connectivity index (χ1v) is 17.7. The number of hydrogen-bond donors (Lipinski definition) is 0. The van der Waals surface area contributed by atoms with Crippen LogP contribution in [0.2, 0.25) is 0 Å². The van der Waals surface area contributed by atoms with E-state index in [-0.39, 0.29) is 0 Å². The Morgan fingerprint density at radius 1 is 0.685 bits per heavy atom. The number of nitrogens with zero attached hydrogens (tertiary/aromatic N) is 1. The van der Waals surface area contributed by atoms with E-state index in [1.807, 2.05) is 134 Å². The lowest BCUT2D eigenvalue weighted by molar-refractivity contribution is -0.0798. The van der Waals surface area contributed by atoms with Gasteiger partial charge in [-0.05, 0) is 60.7 Å². The van der Waals surface area contributed by atoms with Crippen LogP contribution in [-0.4, -0.2) is 11.3 Å². The van der Waals surface area contributed by atoms with Crippen LogP contribution >= 0.6 is 0 Å². The van der Waals surface area contributed by atoms with Gasteiger partial charge >= 0.3 is 0 Å². The zero-order valence-electron chi connectivity index (χ0n) is 28.5. The average molecular weight is 708 g/mol. The normalized spacial score (nSPS) is 18.1. The number of allylic oxidation sites excluding steroid dienone is 2. The summed E-state index contributed by atoms with van der Waals surface area (Å²) in [5.74, 6) is 3.44. The van der Waals surface area contributed by atoms with E-state index in [1.165, 1.54) is 0 Å². The highest BCUT2D eigenvalue weighted by molar-refractivity contribution is 6.03. The molecule has 0 fully saturated rings. The van der Waals surface area contributed by atoms with Crippen LogP contribution < -0.4 is 9.47 Å². The van der Waals surface area contributed by atoms with Crippen LogP contribution in [0.15, 0.2) is 166 Å². The molecule has 0 amide bonds. The van der Waals surface area contributed by atoms with Gasteiger partial charge in [-0.3, -0.25) is 0 Å². The van der Waals surface area contributed by atoms with E-state index in [1.54, 1.807) is 18.8 Å². The predicted molar refractivity (Wildman–Crippen MR) is 204 cm³/mol. The van der Waals surface area contributed by atoms with Gasteiger partial charge < -0.3 is 32.2 Å². The Balaban J connectivity index is 1.28. The number of para-hydroxylation sites is 4. The van der Waals surface area contributed by atoms with Crippen LogP contribution in [0.5, 0.6) is 17.2 Å². The van der Waals surface area contributed by atoms with Crippen LogP contribution in [0.4, 0.5) is 0 Å². The molecule has 0 N–H and O–H groups in total. The molecule has 3 aliphatic heterocycles. The molecule has 260 valence electrons. The summed E-state index contributed by atoms with van der Waals surface area (Å²) in [6.45, 7) is 0. The molecule has 0 radical (unpaired) electrons. The summed E-state index contributed by atoms with van der Waals surface area (Å²) < 4.78 is 46.6. The molecule has 0 bridgehead atoms. The minimum absolute atomic E-state index is 0.368. The van der Waals surface area contributed by atoms with Gasteiger partial charge in [0, 0.05) is 38.6 Å². The van der Waals surface area contributed by atoms with Gasteiger partial charge in [0.15, 0.2) is 5.58 Å². The molecule has 3 atom stereocenters. The second-order valence-electron chi connectivity index (χ2n) is 13.2. The van der Waals surface area contributed by atoms with Crippen molar-refractivity contribution in [2.45, 2.75) is 18.5 Å². The van der Waals surface area contributed by atoms with Crippen molar-refractivity contribution in [1.82, 2.24) is 4.98 Å². The molecule has 3 unspecified atom stereocenters. The van der Waals surface area contributed by atoms with Crippen LogP contribution in [0.1, 0.15) is 34.5 Å². The van der Waals surface area contributed by atoms with E-state index in [0.717, 1.165) is 33.2 Å². The highest BCUT2D eigenvalue weighted by Crippen LogP contribution is 2.59. The van der Waals surface area contributed by atoms with Crippen molar-refractivity contribution >= 4 is 27.9 Å². The molecule has 11 rings (SSSR count). The summed E-state index contributed by atoms with van der Waals surface area (Å²) in [4.78, 5) is 5.13. The first kappa shape index (κ1) is 30.6. The third kappa shape index (κ3) is 4.84. The number of rotatable bonds is 6. The molecule has 0 saturated heterocycles. The van der Waals surface area contributed by atoms with E-state index in [9.17, 15) is 0 Å². The summed E-state index contributed by atoms with van der Waals surface area (Å²) in [6, 6.07) is 35.4. The van der Waals surface area contributed by atoms with E-state index >= 15 is 0 Å². The van der Waals surface area contributed by atoms with E-state index in [4.69, 9.17) is 37.2 Å². The quantitative estimate of drug-likeness (QED) is 0.169. The first-order chi connectivity index (χ1) is 26.8.